The topological polar surface area (TPSA) is 61.6 Å². The van der Waals surface area contributed by atoms with Crippen molar-refractivity contribution in [3.63, 3.8) is 0 Å². The fourth-order valence-electron chi connectivity index (χ4n) is 2.23. The lowest BCUT2D eigenvalue weighted by Gasteiger charge is -2.08. The van der Waals surface area contributed by atoms with E-state index < -0.39 is 5.97 Å². The van der Waals surface area contributed by atoms with Gasteiger partial charge in [0.05, 0.1) is 0 Å². The van der Waals surface area contributed by atoms with Gasteiger partial charge in [-0.3, -0.25) is 0 Å². The molecule has 0 spiro atoms. The van der Waals surface area contributed by atoms with Crippen molar-refractivity contribution in [2.24, 2.45) is 0 Å². The maximum atomic E-state index is 11.8. The summed E-state index contributed by atoms with van der Waals surface area (Å²) in [6, 6.07) is 16.5. The first-order valence-corrected chi connectivity index (χ1v) is 8.05. The third-order valence-corrected chi connectivity index (χ3v) is 3.72. The summed E-state index contributed by atoms with van der Waals surface area (Å²) in [5, 5.41) is 4.52. The van der Waals surface area contributed by atoms with Crippen LogP contribution in [0.1, 0.15) is 11.3 Å². The molecule has 0 aliphatic heterocycles. The first kappa shape index (κ1) is 17.0. The number of benzene rings is 2. The Morgan fingerprint density at radius 3 is 2.72 bits per heavy atom. The van der Waals surface area contributed by atoms with Gasteiger partial charge < -0.3 is 14.0 Å². The van der Waals surface area contributed by atoms with E-state index in [0.29, 0.717) is 22.2 Å². The molecular weight excluding hydrogens is 342 g/mol. The van der Waals surface area contributed by atoms with Gasteiger partial charge in [-0.2, -0.15) is 0 Å². The number of halogens is 1. The fourth-order valence-corrected chi connectivity index (χ4v) is 2.45. The van der Waals surface area contributed by atoms with Gasteiger partial charge >= 0.3 is 5.97 Å². The van der Waals surface area contributed by atoms with Gasteiger partial charge in [0.1, 0.15) is 18.1 Å². The SMILES string of the molecule is Cc1cc(Cl)ccc1OCC(=O)OCc1cc(-c2ccccc2)on1. The van der Waals surface area contributed by atoms with Crippen molar-refractivity contribution in [2.45, 2.75) is 13.5 Å². The van der Waals surface area contributed by atoms with Crippen molar-refractivity contribution in [3.8, 4) is 17.1 Å². The average molecular weight is 358 g/mol. The van der Waals surface area contributed by atoms with Crippen LogP contribution in [0.2, 0.25) is 5.02 Å². The Balaban J connectivity index is 1.50. The van der Waals surface area contributed by atoms with E-state index in [1.807, 2.05) is 37.3 Å². The molecule has 0 atom stereocenters. The van der Waals surface area contributed by atoms with Crippen molar-refractivity contribution in [1.82, 2.24) is 5.16 Å². The van der Waals surface area contributed by atoms with Crippen LogP contribution in [0.15, 0.2) is 59.1 Å². The predicted molar refractivity (Wildman–Crippen MR) is 93.4 cm³/mol. The molecule has 5 nitrogen and oxygen atoms in total. The van der Waals surface area contributed by atoms with Crippen LogP contribution in [0.5, 0.6) is 5.75 Å². The van der Waals surface area contributed by atoms with E-state index in [1.165, 1.54) is 0 Å². The number of aromatic nitrogens is 1. The molecule has 0 radical (unpaired) electrons. The molecule has 0 aliphatic carbocycles. The monoisotopic (exact) mass is 357 g/mol. The normalized spacial score (nSPS) is 10.5. The number of hydrogen-bond acceptors (Lipinski definition) is 5. The second-order valence-corrected chi connectivity index (χ2v) is 5.84. The van der Waals surface area contributed by atoms with E-state index in [-0.39, 0.29) is 13.2 Å². The van der Waals surface area contributed by atoms with Crippen LogP contribution in [0.4, 0.5) is 0 Å². The highest BCUT2D eigenvalue weighted by Crippen LogP contribution is 2.22. The maximum absolute atomic E-state index is 11.8. The van der Waals surface area contributed by atoms with Crippen molar-refractivity contribution < 1.29 is 18.8 Å². The zero-order valence-corrected chi connectivity index (χ0v) is 14.3. The number of ether oxygens (including phenoxy) is 2. The van der Waals surface area contributed by atoms with Gasteiger partial charge in [-0.05, 0) is 30.7 Å². The quantitative estimate of drug-likeness (QED) is 0.611. The van der Waals surface area contributed by atoms with Gasteiger partial charge in [0.25, 0.3) is 0 Å². The lowest BCUT2D eigenvalue weighted by atomic mass is 10.2. The van der Waals surface area contributed by atoms with E-state index in [9.17, 15) is 4.79 Å². The molecule has 3 aromatic rings. The number of aryl methyl sites for hydroxylation is 1. The molecule has 0 bridgehead atoms. The summed E-state index contributed by atoms with van der Waals surface area (Å²) in [6.45, 7) is 1.69. The molecule has 2 aromatic carbocycles. The van der Waals surface area contributed by atoms with Crippen LogP contribution in [-0.4, -0.2) is 17.7 Å². The number of carbonyl (C=O) groups excluding carboxylic acids is 1. The molecule has 3 rings (SSSR count). The lowest BCUT2D eigenvalue weighted by molar-refractivity contribution is -0.147. The molecule has 25 heavy (non-hydrogen) atoms. The molecule has 0 amide bonds. The fraction of sp³-hybridized carbons (Fsp3) is 0.158. The van der Waals surface area contributed by atoms with Crippen molar-refractivity contribution in [3.05, 3.63) is 70.9 Å². The average Bonchev–Trinajstić information content (AvgIpc) is 3.09. The Morgan fingerprint density at radius 2 is 1.96 bits per heavy atom. The minimum absolute atomic E-state index is 0.0259. The zero-order chi connectivity index (χ0) is 17.6. The van der Waals surface area contributed by atoms with E-state index in [2.05, 4.69) is 5.16 Å². The minimum Gasteiger partial charge on any atom is -0.482 e. The first-order valence-electron chi connectivity index (χ1n) is 7.67. The molecule has 0 N–H and O–H groups in total. The molecule has 0 saturated heterocycles. The van der Waals surface area contributed by atoms with Gasteiger partial charge in [0, 0.05) is 16.7 Å². The predicted octanol–water partition coefficient (Wildman–Crippen LogP) is 4.43. The third kappa shape index (κ3) is 4.61. The summed E-state index contributed by atoms with van der Waals surface area (Å²) >= 11 is 5.88. The number of hydrogen-bond donors (Lipinski definition) is 0. The van der Waals surface area contributed by atoms with Gasteiger partial charge in [-0.25, -0.2) is 4.79 Å². The Bertz CT molecular complexity index is 861. The van der Waals surface area contributed by atoms with Crippen molar-refractivity contribution in [1.29, 1.82) is 0 Å². The van der Waals surface area contributed by atoms with Gasteiger partial charge in [0.2, 0.25) is 0 Å². The molecule has 0 unspecified atom stereocenters. The van der Waals surface area contributed by atoms with E-state index >= 15 is 0 Å². The molecule has 0 saturated carbocycles. The van der Waals surface area contributed by atoms with E-state index in [1.54, 1.807) is 24.3 Å². The molecular formula is C19H16ClNO4. The van der Waals surface area contributed by atoms with Crippen LogP contribution in [0.25, 0.3) is 11.3 Å². The lowest BCUT2D eigenvalue weighted by Crippen LogP contribution is -2.15. The molecule has 0 fully saturated rings. The summed E-state index contributed by atoms with van der Waals surface area (Å²) in [7, 11) is 0. The van der Waals surface area contributed by atoms with Gasteiger partial charge in [-0.1, -0.05) is 47.1 Å². The number of nitrogens with zero attached hydrogens (tertiary/aromatic N) is 1. The second-order valence-electron chi connectivity index (χ2n) is 5.41. The molecule has 0 aliphatic rings. The van der Waals surface area contributed by atoms with Crippen LogP contribution in [0, 0.1) is 6.92 Å². The summed E-state index contributed by atoms with van der Waals surface area (Å²) in [4.78, 5) is 11.8. The maximum Gasteiger partial charge on any atom is 0.344 e. The van der Waals surface area contributed by atoms with Crippen molar-refractivity contribution >= 4 is 17.6 Å². The van der Waals surface area contributed by atoms with Gasteiger partial charge in [-0.15, -0.1) is 0 Å². The summed E-state index contributed by atoms with van der Waals surface area (Å²) in [6.07, 6.45) is 0. The Hall–Kier alpha value is -2.79. The third-order valence-electron chi connectivity index (χ3n) is 3.48. The van der Waals surface area contributed by atoms with Crippen LogP contribution in [0.3, 0.4) is 0 Å². The summed E-state index contributed by atoms with van der Waals surface area (Å²) in [5.74, 6) is 0.729. The zero-order valence-electron chi connectivity index (χ0n) is 13.6. The highest BCUT2D eigenvalue weighted by Gasteiger charge is 2.10. The summed E-state index contributed by atoms with van der Waals surface area (Å²) < 4.78 is 15.8. The highest BCUT2D eigenvalue weighted by atomic mass is 35.5. The van der Waals surface area contributed by atoms with E-state index in [4.69, 9.17) is 25.6 Å². The van der Waals surface area contributed by atoms with Crippen LogP contribution >= 0.6 is 11.6 Å². The first-order chi connectivity index (χ1) is 12.1. The largest absolute Gasteiger partial charge is 0.482 e. The van der Waals surface area contributed by atoms with Gasteiger partial charge in [0.15, 0.2) is 12.4 Å². The molecule has 1 aromatic heterocycles. The summed E-state index contributed by atoms with van der Waals surface area (Å²) in [5.41, 5.74) is 2.30. The van der Waals surface area contributed by atoms with Crippen LogP contribution in [-0.2, 0) is 16.1 Å². The second kappa shape index (κ2) is 7.85. The molecule has 1 heterocycles. The number of rotatable bonds is 6. The highest BCUT2D eigenvalue weighted by molar-refractivity contribution is 6.30. The molecule has 6 heteroatoms. The minimum atomic E-state index is -0.487. The Morgan fingerprint density at radius 1 is 1.16 bits per heavy atom. The molecule has 128 valence electrons. The van der Waals surface area contributed by atoms with Crippen molar-refractivity contribution in [2.75, 3.05) is 6.61 Å². The Kier molecular flexibility index (Phi) is 5.36. The smallest absolute Gasteiger partial charge is 0.344 e. The van der Waals surface area contributed by atoms with E-state index in [0.717, 1.165) is 11.1 Å². The van der Waals surface area contributed by atoms with Crippen LogP contribution < -0.4 is 4.74 Å². The standard InChI is InChI=1S/C19H16ClNO4/c1-13-9-15(20)7-8-17(13)23-12-19(22)24-11-16-10-18(25-21-16)14-5-3-2-4-6-14/h2-10H,11-12H2,1H3. The number of esters is 1. The number of carbonyl (C=O) groups is 1. The Labute approximate surface area is 150 Å².